The van der Waals surface area contributed by atoms with Crippen molar-refractivity contribution in [2.24, 2.45) is 0 Å². The van der Waals surface area contributed by atoms with Crippen LogP contribution >= 0.6 is 11.8 Å². The molecule has 0 radical (unpaired) electrons. The Bertz CT molecular complexity index is 1030. The zero-order valence-corrected chi connectivity index (χ0v) is 20.9. The standard InChI is InChI=1S/C21H23F5O4S.C4H8/c1-2-3-7-16-15-9-8-14(31-11-6-4-5-10-29-13-27)12-17(15)30-19(28)18(16)20(22,23)21(24,25)26;1-4(2)3/h8-9,12-13H,2-7,10-11H2,1H3;1H2,2-3H3. The number of ether oxygens (including phenoxy) is 1. The molecular formula is C25H31F5O4S. The molecule has 0 aliphatic heterocycles. The lowest BCUT2D eigenvalue weighted by atomic mass is 9.95. The topological polar surface area (TPSA) is 56.5 Å². The number of allylic oxidation sites excluding steroid dienone is 1. The molecule has 0 fully saturated rings. The van der Waals surface area contributed by atoms with E-state index in [1.54, 1.807) is 13.0 Å². The number of carbonyl (C=O) groups is 1. The molecular weight excluding hydrogens is 491 g/mol. The Morgan fingerprint density at radius 1 is 1.11 bits per heavy atom. The molecule has 0 spiro atoms. The van der Waals surface area contributed by atoms with E-state index >= 15 is 0 Å². The summed E-state index contributed by atoms with van der Waals surface area (Å²) in [4.78, 5) is 23.0. The number of hydrogen-bond donors (Lipinski definition) is 0. The highest BCUT2D eigenvalue weighted by Crippen LogP contribution is 2.45. The van der Waals surface area contributed by atoms with Crippen LogP contribution in [0.2, 0.25) is 0 Å². The van der Waals surface area contributed by atoms with Gasteiger partial charge in [0.1, 0.15) is 11.1 Å². The minimum atomic E-state index is -5.90. The summed E-state index contributed by atoms with van der Waals surface area (Å²) in [6.07, 6.45) is -2.69. The van der Waals surface area contributed by atoms with E-state index in [-0.39, 0.29) is 23.0 Å². The van der Waals surface area contributed by atoms with Gasteiger partial charge in [-0.15, -0.1) is 18.3 Å². The molecule has 1 heterocycles. The first kappa shape index (κ1) is 30.7. The number of carbonyl (C=O) groups excluding carboxylic acids is 1. The highest BCUT2D eigenvalue weighted by Gasteiger charge is 2.61. The maximum absolute atomic E-state index is 14.1. The maximum Gasteiger partial charge on any atom is 0.458 e. The lowest BCUT2D eigenvalue weighted by molar-refractivity contribution is -0.290. The number of unbranched alkanes of at least 4 members (excludes halogenated alkanes) is 3. The van der Waals surface area contributed by atoms with Gasteiger partial charge in [-0.25, -0.2) is 4.79 Å². The van der Waals surface area contributed by atoms with Crippen LogP contribution in [0.25, 0.3) is 11.0 Å². The number of halogens is 5. The number of fused-ring (bicyclic) bond motifs is 1. The molecule has 2 rings (SSSR count). The highest BCUT2D eigenvalue weighted by atomic mass is 32.2. The fraction of sp³-hybridized carbons (Fsp3) is 0.520. The molecule has 0 N–H and O–H groups in total. The smallest absolute Gasteiger partial charge is 0.458 e. The third kappa shape index (κ3) is 9.31. The van der Waals surface area contributed by atoms with Crippen LogP contribution in [-0.2, 0) is 21.9 Å². The highest BCUT2D eigenvalue weighted by molar-refractivity contribution is 7.99. The van der Waals surface area contributed by atoms with Crippen molar-refractivity contribution in [2.45, 2.75) is 76.3 Å². The van der Waals surface area contributed by atoms with Crippen LogP contribution < -0.4 is 5.63 Å². The molecule has 0 amide bonds. The number of aryl methyl sites for hydroxylation is 1. The Morgan fingerprint density at radius 2 is 1.77 bits per heavy atom. The van der Waals surface area contributed by atoms with Crippen molar-refractivity contribution in [3.8, 4) is 0 Å². The van der Waals surface area contributed by atoms with Gasteiger partial charge in [-0.05, 0) is 75.5 Å². The largest absolute Gasteiger partial charge is 0.468 e. The molecule has 0 aliphatic carbocycles. The molecule has 1 aromatic heterocycles. The average molecular weight is 523 g/mol. The van der Waals surface area contributed by atoms with E-state index in [1.807, 2.05) is 13.8 Å². The second-order valence-corrected chi connectivity index (χ2v) is 9.33. The molecule has 10 heteroatoms. The van der Waals surface area contributed by atoms with Crippen molar-refractivity contribution in [3.63, 3.8) is 0 Å². The predicted molar refractivity (Wildman–Crippen MR) is 128 cm³/mol. The zero-order valence-electron chi connectivity index (χ0n) is 20.1. The van der Waals surface area contributed by atoms with Gasteiger partial charge in [0.05, 0.1) is 6.61 Å². The van der Waals surface area contributed by atoms with Crippen LogP contribution in [0.1, 0.15) is 64.0 Å². The normalized spacial score (nSPS) is 11.7. The minimum Gasteiger partial charge on any atom is -0.468 e. The van der Waals surface area contributed by atoms with Gasteiger partial charge in [-0.2, -0.15) is 22.0 Å². The van der Waals surface area contributed by atoms with Crippen LogP contribution in [0.4, 0.5) is 22.0 Å². The van der Waals surface area contributed by atoms with E-state index in [2.05, 4.69) is 11.3 Å². The van der Waals surface area contributed by atoms with Gasteiger partial charge in [0.25, 0.3) is 6.47 Å². The first-order valence-corrected chi connectivity index (χ1v) is 12.2. The van der Waals surface area contributed by atoms with Gasteiger partial charge in [0.15, 0.2) is 0 Å². The van der Waals surface area contributed by atoms with E-state index in [0.29, 0.717) is 36.6 Å². The fourth-order valence-electron chi connectivity index (χ4n) is 3.11. The number of benzene rings is 1. The summed E-state index contributed by atoms with van der Waals surface area (Å²) in [6, 6.07) is 4.54. The third-order valence-electron chi connectivity index (χ3n) is 4.68. The summed E-state index contributed by atoms with van der Waals surface area (Å²) in [5, 5.41) is 0.0855. The fourth-order valence-corrected chi connectivity index (χ4v) is 4.05. The van der Waals surface area contributed by atoms with Crippen molar-refractivity contribution in [2.75, 3.05) is 12.4 Å². The molecule has 0 aliphatic rings. The summed E-state index contributed by atoms with van der Waals surface area (Å²) in [5.41, 5.74) is -2.46. The Labute approximate surface area is 205 Å². The van der Waals surface area contributed by atoms with Gasteiger partial charge < -0.3 is 9.15 Å². The molecule has 0 unspecified atom stereocenters. The first-order valence-electron chi connectivity index (χ1n) is 11.2. The second-order valence-electron chi connectivity index (χ2n) is 8.16. The van der Waals surface area contributed by atoms with Gasteiger partial charge in [-0.1, -0.05) is 18.9 Å². The SMILES string of the molecule is C=C(C)C.CCCCc1c(C(F)(F)C(F)(F)F)c(=O)oc2cc(SCCCCCOC=O)ccc12. The molecule has 1 aromatic carbocycles. The second kappa shape index (κ2) is 14.3. The summed E-state index contributed by atoms with van der Waals surface area (Å²) in [6.45, 7) is 10.0. The predicted octanol–water partition coefficient (Wildman–Crippen LogP) is 7.81. The lowest BCUT2D eigenvalue weighted by Gasteiger charge is -2.22. The summed E-state index contributed by atoms with van der Waals surface area (Å²) in [7, 11) is 0. The third-order valence-corrected chi connectivity index (χ3v) is 5.76. The van der Waals surface area contributed by atoms with Crippen LogP contribution in [0.5, 0.6) is 0 Å². The number of thioether (sulfide) groups is 1. The molecule has 0 saturated carbocycles. The summed E-state index contributed by atoms with van der Waals surface area (Å²) < 4.78 is 76.7. The molecule has 2 aromatic rings. The lowest BCUT2D eigenvalue weighted by Crippen LogP contribution is -2.39. The van der Waals surface area contributed by atoms with Crippen molar-refractivity contribution in [1.29, 1.82) is 0 Å². The van der Waals surface area contributed by atoms with E-state index in [4.69, 9.17) is 4.42 Å². The van der Waals surface area contributed by atoms with Gasteiger partial charge in [0.2, 0.25) is 0 Å². The summed E-state index contributed by atoms with van der Waals surface area (Å²) in [5.74, 6) is -4.59. The van der Waals surface area contributed by atoms with Crippen LogP contribution in [-0.4, -0.2) is 25.0 Å². The Morgan fingerprint density at radius 3 is 2.34 bits per heavy atom. The van der Waals surface area contributed by atoms with Crippen molar-refractivity contribution >= 4 is 29.2 Å². The molecule has 196 valence electrons. The van der Waals surface area contributed by atoms with Crippen LogP contribution in [0.15, 0.2) is 44.5 Å². The van der Waals surface area contributed by atoms with E-state index in [0.717, 1.165) is 19.3 Å². The average Bonchev–Trinajstić information content (AvgIpc) is 2.75. The Balaban J connectivity index is 0.00000142. The number of rotatable bonds is 12. The zero-order chi connectivity index (χ0) is 26.6. The van der Waals surface area contributed by atoms with Crippen molar-refractivity contribution in [3.05, 3.63) is 51.9 Å². The molecule has 0 bridgehead atoms. The van der Waals surface area contributed by atoms with Gasteiger partial charge in [0, 0.05) is 10.3 Å². The molecule has 0 saturated heterocycles. The Kier molecular flexibility index (Phi) is 12.5. The minimum absolute atomic E-state index is 0.0118. The van der Waals surface area contributed by atoms with E-state index < -0.39 is 23.3 Å². The number of alkyl halides is 5. The van der Waals surface area contributed by atoms with Crippen molar-refractivity contribution in [1.82, 2.24) is 0 Å². The molecule has 0 atom stereocenters. The maximum atomic E-state index is 14.1. The number of hydrogen-bond acceptors (Lipinski definition) is 5. The van der Waals surface area contributed by atoms with E-state index in [1.165, 1.54) is 29.5 Å². The van der Waals surface area contributed by atoms with E-state index in [9.17, 15) is 31.5 Å². The quantitative estimate of drug-likeness (QED) is 0.0711. The van der Waals surface area contributed by atoms with Crippen molar-refractivity contribution < 1.29 is 35.9 Å². The van der Waals surface area contributed by atoms with Crippen LogP contribution in [0, 0.1) is 0 Å². The first-order chi connectivity index (χ1) is 16.4. The van der Waals surface area contributed by atoms with Gasteiger partial charge in [-0.3, -0.25) is 4.79 Å². The Hall–Kier alpha value is -2.36. The molecule has 4 nitrogen and oxygen atoms in total. The monoisotopic (exact) mass is 522 g/mol. The van der Waals surface area contributed by atoms with Gasteiger partial charge >= 0.3 is 17.7 Å². The molecule has 35 heavy (non-hydrogen) atoms. The summed E-state index contributed by atoms with van der Waals surface area (Å²) >= 11 is 1.44. The van der Waals surface area contributed by atoms with Crippen LogP contribution in [0.3, 0.4) is 0 Å².